The van der Waals surface area contributed by atoms with E-state index >= 15 is 0 Å². The van der Waals surface area contributed by atoms with Crippen LogP contribution in [0.5, 0.6) is 0 Å². The number of nitrogens with one attached hydrogen (secondary N) is 2. The van der Waals surface area contributed by atoms with E-state index in [0.29, 0.717) is 30.9 Å². The van der Waals surface area contributed by atoms with Gasteiger partial charge in [0.25, 0.3) is 0 Å². The third-order valence-corrected chi connectivity index (χ3v) is 6.32. The van der Waals surface area contributed by atoms with Gasteiger partial charge in [0.15, 0.2) is 6.35 Å². The van der Waals surface area contributed by atoms with Gasteiger partial charge < -0.3 is 20.2 Å². The van der Waals surface area contributed by atoms with Gasteiger partial charge in [0.2, 0.25) is 11.8 Å². The molecule has 0 spiro atoms. The van der Waals surface area contributed by atoms with E-state index in [2.05, 4.69) is 15.6 Å². The van der Waals surface area contributed by atoms with Crippen molar-refractivity contribution in [2.24, 2.45) is 0 Å². The van der Waals surface area contributed by atoms with Crippen LogP contribution in [0, 0.1) is 18.6 Å². The van der Waals surface area contributed by atoms with Gasteiger partial charge in [-0.3, -0.25) is 19.9 Å². The average molecular weight is 459 g/mol. The standard InChI is InChI=1S/C23H27F2N5O3/c1-14-3-4-16(12-26-14)23(21(32)27-22(33)28-23)6-5-20(31)29-7-8-30(15(2)13-29)19-10-17(24)9-18(25)11-19/h3-4,9-12,15,22,28,33H,5-8,13H2,1-2H3,(H,27,32)/t15-,22-,23?/m0/s1. The highest BCUT2D eigenvalue weighted by Gasteiger charge is 2.48. The number of hydrogen-bond acceptors (Lipinski definition) is 6. The minimum absolute atomic E-state index is 0.0718. The van der Waals surface area contributed by atoms with Crippen molar-refractivity contribution in [3.05, 3.63) is 59.4 Å². The highest BCUT2D eigenvalue weighted by molar-refractivity contribution is 5.90. The van der Waals surface area contributed by atoms with Gasteiger partial charge in [-0.15, -0.1) is 0 Å². The summed E-state index contributed by atoms with van der Waals surface area (Å²) < 4.78 is 27.3. The van der Waals surface area contributed by atoms with Crippen LogP contribution in [0.2, 0.25) is 0 Å². The summed E-state index contributed by atoms with van der Waals surface area (Å²) in [4.78, 5) is 33.6. The number of halogens is 2. The van der Waals surface area contributed by atoms with Gasteiger partial charge in [0, 0.05) is 61.3 Å². The SMILES string of the molecule is Cc1ccc(C2(CCC(=O)N3CCN(c4cc(F)cc(F)c4)[C@@H](C)C3)N[C@@H](O)NC2=O)cn1. The first-order valence-corrected chi connectivity index (χ1v) is 10.9. The van der Waals surface area contributed by atoms with E-state index in [0.717, 1.165) is 11.8 Å². The molecule has 2 aliphatic heterocycles. The second kappa shape index (κ2) is 9.03. The number of aliphatic hydroxyl groups is 1. The van der Waals surface area contributed by atoms with Crippen molar-refractivity contribution in [3.8, 4) is 0 Å². The van der Waals surface area contributed by atoms with Crippen molar-refractivity contribution in [3.63, 3.8) is 0 Å². The normalized spacial score (nSPS) is 25.3. The van der Waals surface area contributed by atoms with E-state index < -0.39 is 29.4 Å². The first-order valence-electron chi connectivity index (χ1n) is 10.9. The number of anilines is 1. The fourth-order valence-electron chi connectivity index (χ4n) is 4.57. The number of aromatic nitrogens is 1. The van der Waals surface area contributed by atoms with E-state index in [4.69, 9.17) is 0 Å². The Kier molecular flexibility index (Phi) is 6.31. The number of aryl methyl sites for hydroxylation is 1. The van der Waals surface area contributed by atoms with Crippen LogP contribution >= 0.6 is 0 Å². The largest absolute Gasteiger partial charge is 0.365 e. The summed E-state index contributed by atoms with van der Waals surface area (Å²) in [6.45, 7) is 4.93. The maximum Gasteiger partial charge on any atom is 0.248 e. The van der Waals surface area contributed by atoms with Gasteiger partial charge in [-0.05, 0) is 38.5 Å². The first kappa shape index (κ1) is 23.1. The highest BCUT2D eigenvalue weighted by Crippen LogP contribution is 2.31. The molecule has 8 nitrogen and oxygen atoms in total. The van der Waals surface area contributed by atoms with Crippen LogP contribution < -0.4 is 15.5 Å². The quantitative estimate of drug-likeness (QED) is 0.625. The number of nitrogens with zero attached hydrogens (tertiary/aromatic N) is 3. The smallest absolute Gasteiger partial charge is 0.248 e. The van der Waals surface area contributed by atoms with Crippen molar-refractivity contribution in [1.82, 2.24) is 20.5 Å². The molecule has 3 N–H and O–H groups in total. The lowest BCUT2D eigenvalue weighted by atomic mass is 9.86. The Hall–Kier alpha value is -3.11. The lowest BCUT2D eigenvalue weighted by Gasteiger charge is -2.41. The molecule has 0 radical (unpaired) electrons. The van der Waals surface area contributed by atoms with Crippen LogP contribution in [0.15, 0.2) is 36.5 Å². The number of rotatable bonds is 5. The minimum atomic E-state index is -1.26. The lowest BCUT2D eigenvalue weighted by molar-refractivity contribution is -0.133. The molecule has 4 rings (SSSR count). The number of pyridine rings is 1. The summed E-state index contributed by atoms with van der Waals surface area (Å²) in [5.41, 5.74) is 0.538. The number of carbonyl (C=O) groups excluding carboxylic acids is 2. The van der Waals surface area contributed by atoms with Gasteiger partial charge in [-0.1, -0.05) is 6.07 Å². The van der Waals surface area contributed by atoms with E-state index in [1.54, 1.807) is 23.2 Å². The molecule has 2 saturated heterocycles. The van der Waals surface area contributed by atoms with Crippen molar-refractivity contribution in [2.75, 3.05) is 24.5 Å². The second-order valence-electron chi connectivity index (χ2n) is 8.62. The molecule has 1 unspecified atom stereocenters. The molecule has 2 aliphatic rings. The predicted octanol–water partition coefficient (Wildman–Crippen LogP) is 1.38. The van der Waals surface area contributed by atoms with Crippen LogP contribution in [0.1, 0.15) is 31.0 Å². The Bertz CT molecular complexity index is 1030. The molecule has 1 aromatic carbocycles. The molecule has 2 amide bonds. The number of amides is 2. The van der Waals surface area contributed by atoms with E-state index in [9.17, 15) is 23.5 Å². The molecule has 2 aromatic rings. The van der Waals surface area contributed by atoms with Crippen LogP contribution in [0.25, 0.3) is 0 Å². The molecule has 0 aliphatic carbocycles. The van der Waals surface area contributed by atoms with Gasteiger partial charge in [0.05, 0.1) is 0 Å². The van der Waals surface area contributed by atoms with Crippen molar-refractivity contribution in [2.45, 2.75) is 44.6 Å². The van der Waals surface area contributed by atoms with Crippen LogP contribution in [0.3, 0.4) is 0 Å². The molecule has 2 fully saturated rings. The Morgan fingerprint density at radius 1 is 1.24 bits per heavy atom. The zero-order chi connectivity index (χ0) is 23.8. The number of piperazine rings is 1. The van der Waals surface area contributed by atoms with E-state index in [-0.39, 0.29) is 24.8 Å². The number of aliphatic hydroxyl groups excluding tert-OH is 1. The van der Waals surface area contributed by atoms with Crippen LogP contribution in [-0.2, 0) is 15.1 Å². The monoisotopic (exact) mass is 459 g/mol. The minimum Gasteiger partial charge on any atom is -0.365 e. The predicted molar refractivity (Wildman–Crippen MR) is 117 cm³/mol. The maximum atomic E-state index is 13.6. The van der Waals surface area contributed by atoms with Crippen molar-refractivity contribution in [1.29, 1.82) is 0 Å². The summed E-state index contributed by atoms with van der Waals surface area (Å²) in [5.74, 6) is -1.84. The Morgan fingerprint density at radius 3 is 2.55 bits per heavy atom. The summed E-state index contributed by atoms with van der Waals surface area (Å²) in [7, 11) is 0. The van der Waals surface area contributed by atoms with Crippen molar-refractivity contribution >= 4 is 17.5 Å². The Morgan fingerprint density at radius 2 is 1.97 bits per heavy atom. The summed E-state index contributed by atoms with van der Waals surface area (Å²) >= 11 is 0. The molecule has 10 heteroatoms. The fraction of sp³-hybridized carbons (Fsp3) is 0.435. The molecule has 0 bridgehead atoms. The second-order valence-corrected chi connectivity index (χ2v) is 8.62. The van der Waals surface area contributed by atoms with Crippen LogP contribution in [-0.4, -0.2) is 58.8 Å². The Balaban J connectivity index is 1.43. The third kappa shape index (κ3) is 4.67. The molecule has 0 saturated carbocycles. The Labute approximate surface area is 190 Å². The summed E-state index contributed by atoms with van der Waals surface area (Å²) in [6, 6.07) is 6.79. The molecule has 33 heavy (non-hydrogen) atoms. The topological polar surface area (TPSA) is 97.8 Å². The van der Waals surface area contributed by atoms with E-state index in [1.165, 1.54) is 12.1 Å². The molecular weight excluding hydrogens is 432 g/mol. The van der Waals surface area contributed by atoms with Crippen LogP contribution in [0.4, 0.5) is 14.5 Å². The molecule has 3 heterocycles. The summed E-state index contributed by atoms with van der Waals surface area (Å²) in [6.07, 6.45) is 0.568. The van der Waals surface area contributed by atoms with Gasteiger partial charge in [0.1, 0.15) is 17.2 Å². The van der Waals surface area contributed by atoms with Gasteiger partial charge >= 0.3 is 0 Å². The molecule has 3 atom stereocenters. The molecule has 1 aromatic heterocycles. The maximum absolute atomic E-state index is 13.6. The number of hydrogen-bond donors (Lipinski definition) is 3. The average Bonchev–Trinajstić information content (AvgIpc) is 3.05. The molecule has 176 valence electrons. The number of benzene rings is 1. The highest BCUT2D eigenvalue weighted by atomic mass is 19.1. The summed E-state index contributed by atoms with van der Waals surface area (Å²) in [5, 5.41) is 15.3. The van der Waals surface area contributed by atoms with Gasteiger partial charge in [-0.2, -0.15) is 0 Å². The van der Waals surface area contributed by atoms with E-state index in [1.807, 2.05) is 18.7 Å². The lowest BCUT2D eigenvalue weighted by Crippen LogP contribution is -2.54. The molecular formula is C23H27F2N5O3. The number of carbonyl (C=O) groups is 2. The first-order chi connectivity index (χ1) is 15.7. The zero-order valence-corrected chi connectivity index (χ0v) is 18.5. The van der Waals surface area contributed by atoms with Crippen molar-refractivity contribution < 1.29 is 23.5 Å². The fourth-order valence-corrected chi connectivity index (χ4v) is 4.57. The zero-order valence-electron chi connectivity index (χ0n) is 18.5. The van der Waals surface area contributed by atoms with Gasteiger partial charge in [-0.25, -0.2) is 8.78 Å². The third-order valence-electron chi connectivity index (χ3n) is 6.32.